The Labute approximate surface area is 131 Å². The number of nitrogens with one attached hydrogen (secondary N) is 1. The first-order chi connectivity index (χ1) is 10.6. The zero-order valence-corrected chi connectivity index (χ0v) is 13.3. The van der Waals surface area contributed by atoms with E-state index in [4.69, 9.17) is 0 Å². The normalized spacial score (nSPS) is 21.9. The monoisotopic (exact) mass is 301 g/mol. The van der Waals surface area contributed by atoms with Gasteiger partial charge in [0.05, 0.1) is 0 Å². The summed E-state index contributed by atoms with van der Waals surface area (Å²) in [5, 5.41) is 2.77. The van der Waals surface area contributed by atoms with Crippen LogP contribution < -0.4 is 10.2 Å². The largest absolute Gasteiger partial charge is 0.368 e. The van der Waals surface area contributed by atoms with E-state index in [1.807, 2.05) is 4.90 Å². The van der Waals surface area contributed by atoms with Gasteiger partial charge in [-0.1, -0.05) is 12.1 Å². The van der Waals surface area contributed by atoms with E-state index < -0.39 is 0 Å². The molecule has 1 N–H and O–H groups in total. The van der Waals surface area contributed by atoms with Crippen LogP contribution >= 0.6 is 0 Å². The molecule has 2 amide bonds. The zero-order valence-electron chi connectivity index (χ0n) is 13.3. The van der Waals surface area contributed by atoms with Crippen molar-refractivity contribution in [3.8, 4) is 0 Å². The molecule has 118 valence electrons. The molecule has 0 spiro atoms. The second-order valence-corrected chi connectivity index (χ2v) is 6.19. The molecule has 2 saturated heterocycles. The molecule has 2 aliphatic rings. The van der Waals surface area contributed by atoms with Crippen LogP contribution in [0.1, 0.15) is 24.0 Å². The highest BCUT2D eigenvalue weighted by Gasteiger charge is 2.32. The molecule has 0 unspecified atom stereocenters. The molecular weight excluding hydrogens is 278 g/mol. The number of hydrogen-bond donors (Lipinski definition) is 1. The van der Waals surface area contributed by atoms with Gasteiger partial charge < -0.3 is 15.1 Å². The van der Waals surface area contributed by atoms with Crippen LogP contribution in [0, 0.1) is 13.8 Å². The summed E-state index contributed by atoms with van der Waals surface area (Å²) in [5.41, 5.74) is 3.87. The van der Waals surface area contributed by atoms with Gasteiger partial charge in [0, 0.05) is 38.3 Å². The predicted molar refractivity (Wildman–Crippen MR) is 85.9 cm³/mol. The van der Waals surface area contributed by atoms with Gasteiger partial charge in [-0.25, -0.2) is 0 Å². The number of rotatable bonds is 2. The van der Waals surface area contributed by atoms with Gasteiger partial charge in [0.15, 0.2) is 0 Å². The maximum atomic E-state index is 12.4. The Kier molecular flexibility index (Phi) is 4.05. The first kappa shape index (κ1) is 14.9. The lowest BCUT2D eigenvalue weighted by Gasteiger charge is -2.38. The fourth-order valence-electron chi connectivity index (χ4n) is 3.27. The first-order valence-corrected chi connectivity index (χ1v) is 7.95. The summed E-state index contributed by atoms with van der Waals surface area (Å²) in [5.74, 6) is 0.0684. The highest BCUT2D eigenvalue weighted by Crippen LogP contribution is 2.24. The SMILES string of the molecule is Cc1cccc(N2CCN(C(=O)[C@H]3CCC(=O)N3)CC2)c1C. The van der Waals surface area contributed by atoms with Crippen molar-refractivity contribution in [2.45, 2.75) is 32.7 Å². The van der Waals surface area contributed by atoms with Crippen molar-refractivity contribution < 1.29 is 9.59 Å². The molecule has 1 aromatic carbocycles. The van der Waals surface area contributed by atoms with Crippen LogP contribution in [-0.4, -0.2) is 48.9 Å². The van der Waals surface area contributed by atoms with Crippen LogP contribution in [0.3, 0.4) is 0 Å². The average Bonchev–Trinajstić information content (AvgIpc) is 2.96. The number of amides is 2. The first-order valence-electron chi connectivity index (χ1n) is 7.95. The van der Waals surface area contributed by atoms with E-state index in [2.05, 4.69) is 42.3 Å². The Balaban J connectivity index is 1.62. The Morgan fingerprint density at radius 1 is 1.18 bits per heavy atom. The molecule has 22 heavy (non-hydrogen) atoms. The maximum Gasteiger partial charge on any atom is 0.245 e. The van der Waals surface area contributed by atoms with Crippen LogP contribution in [-0.2, 0) is 9.59 Å². The minimum Gasteiger partial charge on any atom is -0.368 e. The summed E-state index contributed by atoms with van der Waals surface area (Å²) in [6.45, 7) is 7.40. The van der Waals surface area contributed by atoms with E-state index in [0.717, 1.165) is 26.2 Å². The molecule has 2 heterocycles. The van der Waals surface area contributed by atoms with Crippen molar-refractivity contribution in [1.29, 1.82) is 0 Å². The lowest BCUT2D eigenvalue weighted by Crippen LogP contribution is -2.53. The van der Waals surface area contributed by atoms with E-state index in [1.54, 1.807) is 0 Å². The smallest absolute Gasteiger partial charge is 0.245 e. The second-order valence-electron chi connectivity index (χ2n) is 6.19. The van der Waals surface area contributed by atoms with Gasteiger partial charge in [-0.2, -0.15) is 0 Å². The number of carbonyl (C=O) groups is 2. The molecule has 2 fully saturated rings. The standard InChI is InChI=1S/C17H23N3O2/c1-12-4-3-5-15(13(12)2)19-8-10-20(11-9-19)17(22)14-6-7-16(21)18-14/h3-5,14H,6-11H2,1-2H3,(H,18,21)/t14-/m1/s1. The van der Waals surface area contributed by atoms with Gasteiger partial charge >= 0.3 is 0 Å². The van der Waals surface area contributed by atoms with Crippen LogP contribution in [0.15, 0.2) is 18.2 Å². The Morgan fingerprint density at radius 3 is 2.55 bits per heavy atom. The van der Waals surface area contributed by atoms with Crippen molar-refractivity contribution in [1.82, 2.24) is 10.2 Å². The highest BCUT2D eigenvalue weighted by molar-refractivity contribution is 5.91. The van der Waals surface area contributed by atoms with Gasteiger partial charge in [0.1, 0.15) is 6.04 Å². The minimum absolute atomic E-state index is 0.00706. The molecular formula is C17H23N3O2. The topological polar surface area (TPSA) is 52.7 Å². The molecule has 1 aromatic rings. The minimum atomic E-state index is -0.306. The van der Waals surface area contributed by atoms with Gasteiger partial charge in [-0.05, 0) is 37.5 Å². The molecule has 1 atom stereocenters. The number of benzene rings is 1. The van der Waals surface area contributed by atoms with Crippen molar-refractivity contribution in [2.75, 3.05) is 31.1 Å². The van der Waals surface area contributed by atoms with E-state index in [9.17, 15) is 9.59 Å². The highest BCUT2D eigenvalue weighted by atomic mass is 16.2. The fraction of sp³-hybridized carbons (Fsp3) is 0.529. The van der Waals surface area contributed by atoms with Gasteiger partial charge in [0.25, 0.3) is 0 Å². The van der Waals surface area contributed by atoms with E-state index in [0.29, 0.717) is 12.8 Å². The van der Waals surface area contributed by atoms with E-state index >= 15 is 0 Å². The van der Waals surface area contributed by atoms with E-state index in [-0.39, 0.29) is 17.9 Å². The van der Waals surface area contributed by atoms with Crippen LogP contribution in [0.5, 0.6) is 0 Å². The fourth-order valence-corrected chi connectivity index (χ4v) is 3.27. The number of hydrogen-bond acceptors (Lipinski definition) is 3. The third-order valence-corrected chi connectivity index (χ3v) is 4.80. The van der Waals surface area contributed by atoms with Crippen molar-refractivity contribution in [2.24, 2.45) is 0 Å². The molecule has 0 bridgehead atoms. The van der Waals surface area contributed by atoms with Gasteiger partial charge in [-0.15, -0.1) is 0 Å². The zero-order chi connectivity index (χ0) is 15.7. The van der Waals surface area contributed by atoms with Crippen LogP contribution in [0.4, 0.5) is 5.69 Å². The quantitative estimate of drug-likeness (QED) is 0.894. The summed E-state index contributed by atoms with van der Waals surface area (Å²) < 4.78 is 0. The van der Waals surface area contributed by atoms with Crippen molar-refractivity contribution in [3.63, 3.8) is 0 Å². The summed E-state index contributed by atoms with van der Waals surface area (Å²) in [6.07, 6.45) is 1.10. The van der Waals surface area contributed by atoms with Crippen molar-refractivity contribution in [3.05, 3.63) is 29.3 Å². The molecule has 0 aromatic heterocycles. The Morgan fingerprint density at radius 2 is 1.91 bits per heavy atom. The molecule has 2 aliphatic heterocycles. The summed E-state index contributed by atoms with van der Waals surface area (Å²) in [6, 6.07) is 6.06. The molecule has 0 radical (unpaired) electrons. The number of anilines is 1. The lowest BCUT2D eigenvalue weighted by molar-refractivity contribution is -0.134. The Hall–Kier alpha value is -2.04. The van der Waals surface area contributed by atoms with E-state index in [1.165, 1.54) is 16.8 Å². The predicted octanol–water partition coefficient (Wildman–Crippen LogP) is 1.23. The summed E-state index contributed by atoms with van der Waals surface area (Å²) in [4.78, 5) is 27.9. The molecule has 3 rings (SSSR count). The third kappa shape index (κ3) is 2.80. The Bertz CT molecular complexity index is 592. The summed E-state index contributed by atoms with van der Waals surface area (Å²) in [7, 11) is 0. The van der Waals surface area contributed by atoms with Gasteiger partial charge in [-0.3, -0.25) is 9.59 Å². The van der Waals surface area contributed by atoms with Crippen LogP contribution in [0.25, 0.3) is 0 Å². The number of carbonyl (C=O) groups excluding carboxylic acids is 2. The molecule has 5 heteroatoms. The second kappa shape index (κ2) is 5.99. The number of nitrogens with zero attached hydrogens (tertiary/aromatic N) is 2. The number of aryl methyl sites for hydroxylation is 1. The molecule has 5 nitrogen and oxygen atoms in total. The average molecular weight is 301 g/mol. The van der Waals surface area contributed by atoms with Gasteiger partial charge in [0.2, 0.25) is 11.8 Å². The molecule has 0 saturated carbocycles. The maximum absolute atomic E-state index is 12.4. The van der Waals surface area contributed by atoms with Crippen LogP contribution in [0.2, 0.25) is 0 Å². The lowest BCUT2D eigenvalue weighted by atomic mass is 10.1. The summed E-state index contributed by atoms with van der Waals surface area (Å²) >= 11 is 0. The number of piperazine rings is 1. The molecule has 0 aliphatic carbocycles. The van der Waals surface area contributed by atoms with Crippen molar-refractivity contribution >= 4 is 17.5 Å². The third-order valence-electron chi connectivity index (χ3n) is 4.80.